The van der Waals surface area contributed by atoms with Gasteiger partial charge < -0.3 is 10.1 Å². The number of halogens is 1. The van der Waals surface area contributed by atoms with Crippen LogP contribution in [0.15, 0.2) is 42.5 Å². The molecular formula is C21H25ClN2O4S. The smallest absolute Gasteiger partial charge is 0.253 e. The summed E-state index contributed by atoms with van der Waals surface area (Å²) in [5, 5.41) is 3.31. The Hall–Kier alpha value is -2.25. The molecule has 1 amide bonds. The topological polar surface area (TPSA) is 84.5 Å². The number of rotatable bonds is 6. The summed E-state index contributed by atoms with van der Waals surface area (Å²) in [6.07, 6.45) is 3.33. The zero-order valence-electron chi connectivity index (χ0n) is 16.7. The van der Waals surface area contributed by atoms with Gasteiger partial charge in [-0.1, -0.05) is 43.6 Å². The van der Waals surface area contributed by atoms with E-state index in [0.717, 1.165) is 30.4 Å². The van der Waals surface area contributed by atoms with E-state index in [0.29, 0.717) is 6.42 Å². The lowest BCUT2D eigenvalue weighted by Crippen LogP contribution is -2.44. The summed E-state index contributed by atoms with van der Waals surface area (Å²) in [6.45, 7) is 4.15. The predicted molar refractivity (Wildman–Crippen MR) is 115 cm³/mol. The lowest BCUT2D eigenvalue weighted by atomic mass is 9.83. The largest absolute Gasteiger partial charge is 0.487 e. The number of hydrogen-bond acceptors (Lipinski definition) is 4. The molecular weight excluding hydrogens is 412 g/mol. The Morgan fingerprint density at radius 3 is 2.55 bits per heavy atom. The van der Waals surface area contributed by atoms with Crippen molar-refractivity contribution in [3.8, 4) is 5.75 Å². The maximum atomic E-state index is 13.0. The number of anilines is 1. The quantitative estimate of drug-likeness (QED) is 0.697. The molecule has 0 unspecified atom stereocenters. The molecule has 6 nitrogen and oxygen atoms in total. The van der Waals surface area contributed by atoms with Gasteiger partial charge in [0.15, 0.2) is 0 Å². The van der Waals surface area contributed by atoms with Crippen LogP contribution < -0.4 is 14.8 Å². The number of amides is 1. The van der Waals surface area contributed by atoms with E-state index < -0.39 is 10.0 Å². The van der Waals surface area contributed by atoms with Gasteiger partial charge in [0.1, 0.15) is 11.4 Å². The number of carbonyl (C=O) groups excluding carboxylic acids is 1. The minimum Gasteiger partial charge on any atom is -0.487 e. The van der Waals surface area contributed by atoms with Crippen LogP contribution in [0.1, 0.15) is 55.1 Å². The van der Waals surface area contributed by atoms with Crippen molar-refractivity contribution in [3.05, 3.63) is 58.6 Å². The molecule has 1 aliphatic rings. The highest BCUT2D eigenvalue weighted by atomic mass is 35.5. The average Bonchev–Trinajstić information content (AvgIpc) is 2.68. The molecule has 0 spiro atoms. The number of nitrogens with one attached hydrogen (secondary N) is 2. The van der Waals surface area contributed by atoms with Crippen molar-refractivity contribution in [1.29, 1.82) is 0 Å². The van der Waals surface area contributed by atoms with Gasteiger partial charge in [-0.05, 0) is 37.1 Å². The molecule has 1 aliphatic heterocycles. The normalized spacial score (nSPS) is 17.7. The fraction of sp³-hybridized carbons (Fsp3) is 0.381. The summed E-state index contributed by atoms with van der Waals surface area (Å²) in [6, 6.07) is 11.9. The summed E-state index contributed by atoms with van der Waals surface area (Å²) in [5.41, 5.74) is 1.06. The lowest BCUT2D eigenvalue weighted by Gasteiger charge is -2.41. The number of carbonyl (C=O) groups is 1. The van der Waals surface area contributed by atoms with E-state index in [2.05, 4.69) is 23.9 Å². The number of sulfonamides is 1. The van der Waals surface area contributed by atoms with E-state index in [1.807, 2.05) is 24.3 Å². The highest BCUT2D eigenvalue weighted by molar-refractivity contribution is 7.92. The van der Waals surface area contributed by atoms with Gasteiger partial charge in [0.2, 0.25) is 10.0 Å². The first-order chi connectivity index (χ1) is 13.7. The Kier molecular flexibility index (Phi) is 6.10. The molecule has 0 bridgehead atoms. The van der Waals surface area contributed by atoms with Crippen molar-refractivity contribution in [2.75, 3.05) is 11.0 Å². The van der Waals surface area contributed by atoms with E-state index in [-0.39, 0.29) is 33.8 Å². The van der Waals surface area contributed by atoms with Crippen LogP contribution in [0.2, 0.25) is 5.02 Å². The molecule has 2 aromatic rings. The van der Waals surface area contributed by atoms with Crippen LogP contribution in [0.4, 0.5) is 5.69 Å². The molecule has 0 saturated carbocycles. The van der Waals surface area contributed by atoms with Crippen molar-refractivity contribution in [3.63, 3.8) is 0 Å². The minimum atomic E-state index is -3.46. The summed E-state index contributed by atoms with van der Waals surface area (Å²) in [7, 11) is -3.46. The molecule has 8 heteroatoms. The summed E-state index contributed by atoms with van der Waals surface area (Å²) in [4.78, 5) is 13.0. The second kappa shape index (κ2) is 8.24. The first-order valence-corrected chi connectivity index (χ1v) is 11.8. The van der Waals surface area contributed by atoms with Gasteiger partial charge in [-0.15, -0.1) is 0 Å². The first-order valence-electron chi connectivity index (χ1n) is 9.52. The van der Waals surface area contributed by atoms with Gasteiger partial charge in [0.05, 0.1) is 22.9 Å². The minimum absolute atomic E-state index is 0.211. The Morgan fingerprint density at radius 2 is 1.90 bits per heavy atom. The summed E-state index contributed by atoms with van der Waals surface area (Å²) < 4.78 is 31.6. The molecule has 29 heavy (non-hydrogen) atoms. The van der Waals surface area contributed by atoms with Crippen molar-refractivity contribution in [1.82, 2.24) is 5.32 Å². The third-order valence-electron chi connectivity index (χ3n) is 5.31. The fourth-order valence-electron chi connectivity index (χ4n) is 3.64. The maximum Gasteiger partial charge on any atom is 0.253 e. The second-order valence-electron chi connectivity index (χ2n) is 7.33. The van der Waals surface area contributed by atoms with Gasteiger partial charge in [-0.3, -0.25) is 9.52 Å². The Morgan fingerprint density at radius 1 is 1.21 bits per heavy atom. The van der Waals surface area contributed by atoms with Gasteiger partial charge in [0, 0.05) is 17.7 Å². The standard InChI is InChI=1S/C21H25ClN2O4S/c1-4-21(5-2)13-18(15-8-6-7-9-19(15)28-21)23-20(25)16-12-14(10-11-17(16)22)24-29(3,26)27/h6-12,18,24H,4-5,13H2,1-3H3,(H,23,25)/t18-/m1/s1. The average molecular weight is 437 g/mol. The monoisotopic (exact) mass is 436 g/mol. The number of hydrogen-bond donors (Lipinski definition) is 2. The molecule has 0 saturated heterocycles. The summed E-state index contributed by atoms with van der Waals surface area (Å²) >= 11 is 6.23. The van der Waals surface area contributed by atoms with Crippen LogP contribution in [-0.4, -0.2) is 26.2 Å². The van der Waals surface area contributed by atoms with Crippen LogP contribution in [0.5, 0.6) is 5.75 Å². The van der Waals surface area contributed by atoms with E-state index in [1.54, 1.807) is 0 Å². The third kappa shape index (κ3) is 4.85. The maximum absolute atomic E-state index is 13.0. The second-order valence-corrected chi connectivity index (χ2v) is 9.48. The third-order valence-corrected chi connectivity index (χ3v) is 6.24. The lowest BCUT2D eigenvalue weighted by molar-refractivity contribution is 0.0227. The van der Waals surface area contributed by atoms with Crippen LogP contribution >= 0.6 is 11.6 Å². The van der Waals surface area contributed by atoms with Gasteiger partial charge in [-0.25, -0.2) is 8.42 Å². The van der Waals surface area contributed by atoms with Crippen LogP contribution in [0.25, 0.3) is 0 Å². The van der Waals surface area contributed by atoms with E-state index in [4.69, 9.17) is 16.3 Å². The van der Waals surface area contributed by atoms with Crippen molar-refractivity contribution < 1.29 is 17.9 Å². The summed E-state index contributed by atoms with van der Waals surface area (Å²) in [5.74, 6) is 0.404. The number of ether oxygens (including phenoxy) is 1. The molecule has 156 valence electrons. The van der Waals surface area contributed by atoms with Crippen LogP contribution in [-0.2, 0) is 10.0 Å². The first kappa shape index (κ1) is 21.5. The van der Waals surface area contributed by atoms with Crippen LogP contribution in [0, 0.1) is 0 Å². The SMILES string of the molecule is CCC1(CC)C[C@@H](NC(=O)c2cc(NS(C)(=O)=O)ccc2Cl)c2ccccc2O1. The molecule has 2 aromatic carbocycles. The Bertz CT molecular complexity index is 1020. The molecule has 0 radical (unpaired) electrons. The molecule has 1 atom stereocenters. The Labute approximate surface area is 176 Å². The number of para-hydroxylation sites is 1. The zero-order valence-corrected chi connectivity index (χ0v) is 18.2. The Balaban J connectivity index is 1.91. The molecule has 0 aromatic heterocycles. The molecule has 2 N–H and O–H groups in total. The van der Waals surface area contributed by atoms with E-state index >= 15 is 0 Å². The van der Waals surface area contributed by atoms with Gasteiger partial charge in [0.25, 0.3) is 5.91 Å². The molecule has 1 heterocycles. The van der Waals surface area contributed by atoms with E-state index in [9.17, 15) is 13.2 Å². The van der Waals surface area contributed by atoms with Crippen molar-refractivity contribution >= 4 is 33.2 Å². The molecule has 0 aliphatic carbocycles. The number of fused-ring (bicyclic) bond motifs is 1. The molecule has 0 fully saturated rings. The van der Waals surface area contributed by atoms with Gasteiger partial charge in [-0.2, -0.15) is 0 Å². The zero-order chi connectivity index (χ0) is 21.2. The van der Waals surface area contributed by atoms with Gasteiger partial charge >= 0.3 is 0 Å². The highest BCUT2D eigenvalue weighted by Crippen LogP contribution is 2.42. The van der Waals surface area contributed by atoms with E-state index in [1.165, 1.54) is 18.2 Å². The fourth-order valence-corrected chi connectivity index (χ4v) is 4.40. The van der Waals surface area contributed by atoms with Crippen LogP contribution in [0.3, 0.4) is 0 Å². The highest BCUT2D eigenvalue weighted by Gasteiger charge is 2.39. The van der Waals surface area contributed by atoms with Crippen molar-refractivity contribution in [2.24, 2.45) is 0 Å². The molecule has 3 rings (SSSR count). The van der Waals surface area contributed by atoms with Crippen molar-refractivity contribution in [2.45, 2.75) is 44.8 Å². The number of benzene rings is 2. The predicted octanol–water partition coefficient (Wildman–Crippen LogP) is 4.52.